The normalized spacial score (nSPS) is 10.3. The number of aryl methyl sites for hydroxylation is 2. The second-order valence-corrected chi connectivity index (χ2v) is 4.79. The Labute approximate surface area is 114 Å². The number of benzene rings is 1. The maximum absolute atomic E-state index is 12.1. The number of carboxylic acid groups (broad SMARTS) is 1. The average Bonchev–Trinajstić information content (AvgIpc) is 2.27. The second-order valence-electron chi connectivity index (χ2n) is 4.79. The van der Waals surface area contributed by atoms with Crippen molar-refractivity contribution in [1.29, 1.82) is 0 Å². The van der Waals surface area contributed by atoms with Crippen LogP contribution in [0.1, 0.15) is 37.3 Å². The minimum Gasteiger partial charge on any atom is -0.481 e. The Morgan fingerprint density at radius 3 is 2.16 bits per heavy atom. The van der Waals surface area contributed by atoms with E-state index in [9.17, 15) is 9.59 Å². The zero-order chi connectivity index (χ0) is 14.4. The number of hydrogen-bond acceptors (Lipinski definition) is 2. The van der Waals surface area contributed by atoms with E-state index in [-0.39, 0.29) is 18.9 Å². The fourth-order valence-electron chi connectivity index (χ4n) is 2.06. The molecule has 0 saturated heterocycles. The topological polar surface area (TPSA) is 57.6 Å². The highest BCUT2D eigenvalue weighted by Crippen LogP contribution is 2.20. The molecule has 104 valence electrons. The highest BCUT2D eigenvalue weighted by Gasteiger charge is 2.16. The van der Waals surface area contributed by atoms with E-state index in [1.807, 2.05) is 39.0 Å². The number of aliphatic carboxylic acids is 1. The van der Waals surface area contributed by atoms with E-state index in [4.69, 9.17) is 5.11 Å². The van der Waals surface area contributed by atoms with Crippen LogP contribution in [-0.2, 0) is 9.59 Å². The van der Waals surface area contributed by atoms with Crippen LogP contribution in [0.15, 0.2) is 18.2 Å². The number of nitrogens with zero attached hydrogens (tertiary/aromatic N) is 1. The molecule has 1 aromatic rings. The van der Waals surface area contributed by atoms with Gasteiger partial charge in [-0.25, -0.2) is 0 Å². The number of carboxylic acids is 1. The van der Waals surface area contributed by atoms with Crippen LogP contribution in [0.5, 0.6) is 0 Å². The Bertz CT molecular complexity index is 448. The van der Waals surface area contributed by atoms with Gasteiger partial charge in [0.2, 0.25) is 5.91 Å². The standard InChI is InChI=1S/C15H21NO3/c1-4-5-14(17)16(7-6-15(18)19)13-9-11(2)8-12(3)10-13/h8-10H,4-7H2,1-3H3,(H,18,19). The Morgan fingerprint density at radius 1 is 1.11 bits per heavy atom. The molecule has 0 aliphatic carbocycles. The molecule has 0 aliphatic rings. The van der Waals surface area contributed by atoms with Crippen molar-refractivity contribution in [2.45, 2.75) is 40.0 Å². The molecule has 0 bridgehead atoms. The number of hydrogen-bond donors (Lipinski definition) is 1. The summed E-state index contributed by atoms with van der Waals surface area (Å²) >= 11 is 0. The lowest BCUT2D eigenvalue weighted by molar-refractivity contribution is -0.136. The maximum atomic E-state index is 12.1. The number of amides is 1. The van der Waals surface area contributed by atoms with Crippen molar-refractivity contribution in [3.8, 4) is 0 Å². The van der Waals surface area contributed by atoms with Gasteiger partial charge in [0.1, 0.15) is 0 Å². The first-order valence-electron chi connectivity index (χ1n) is 6.54. The molecule has 0 saturated carbocycles. The first-order chi connectivity index (χ1) is 8.93. The fourth-order valence-corrected chi connectivity index (χ4v) is 2.06. The van der Waals surface area contributed by atoms with E-state index >= 15 is 0 Å². The van der Waals surface area contributed by atoms with Crippen LogP contribution in [0.2, 0.25) is 0 Å². The van der Waals surface area contributed by atoms with Gasteiger partial charge in [-0.2, -0.15) is 0 Å². The lowest BCUT2D eigenvalue weighted by atomic mass is 10.1. The Balaban J connectivity index is 2.99. The summed E-state index contributed by atoms with van der Waals surface area (Å²) < 4.78 is 0. The minimum atomic E-state index is -0.890. The smallest absolute Gasteiger partial charge is 0.305 e. The summed E-state index contributed by atoms with van der Waals surface area (Å²) in [6.07, 6.45) is 1.16. The van der Waals surface area contributed by atoms with Crippen molar-refractivity contribution < 1.29 is 14.7 Å². The summed E-state index contributed by atoms with van der Waals surface area (Å²) in [6, 6.07) is 5.87. The summed E-state index contributed by atoms with van der Waals surface area (Å²) in [7, 11) is 0. The molecule has 0 spiro atoms. The van der Waals surface area contributed by atoms with Gasteiger partial charge < -0.3 is 10.0 Å². The molecule has 4 heteroatoms. The second kappa shape index (κ2) is 6.92. The van der Waals surface area contributed by atoms with Crippen LogP contribution in [0.4, 0.5) is 5.69 Å². The Hall–Kier alpha value is -1.84. The summed E-state index contributed by atoms with van der Waals surface area (Å²) in [6.45, 7) is 6.10. The predicted octanol–water partition coefficient (Wildman–Crippen LogP) is 2.91. The summed E-state index contributed by atoms with van der Waals surface area (Å²) in [5.41, 5.74) is 2.93. The molecule has 4 nitrogen and oxygen atoms in total. The van der Waals surface area contributed by atoms with Crippen LogP contribution in [-0.4, -0.2) is 23.5 Å². The highest BCUT2D eigenvalue weighted by atomic mass is 16.4. The lowest BCUT2D eigenvalue weighted by Crippen LogP contribution is -2.32. The van der Waals surface area contributed by atoms with Gasteiger partial charge in [0.05, 0.1) is 6.42 Å². The van der Waals surface area contributed by atoms with Crippen LogP contribution in [0, 0.1) is 13.8 Å². The van der Waals surface area contributed by atoms with Gasteiger partial charge in [-0.05, 0) is 43.5 Å². The number of anilines is 1. The number of rotatable bonds is 6. The van der Waals surface area contributed by atoms with Crippen LogP contribution in [0.25, 0.3) is 0 Å². The van der Waals surface area contributed by atoms with Gasteiger partial charge in [-0.3, -0.25) is 9.59 Å². The summed E-state index contributed by atoms with van der Waals surface area (Å²) in [4.78, 5) is 24.4. The molecule has 0 heterocycles. The van der Waals surface area contributed by atoms with E-state index < -0.39 is 5.97 Å². The molecular weight excluding hydrogens is 242 g/mol. The van der Waals surface area contributed by atoms with Gasteiger partial charge in [0.25, 0.3) is 0 Å². The van der Waals surface area contributed by atoms with Crippen molar-refractivity contribution >= 4 is 17.6 Å². The molecule has 1 aromatic carbocycles. The third kappa shape index (κ3) is 4.73. The van der Waals surface area contributed by atoms with Gasteiger partial charge in [0, 0.05) is 18.7 Å². The molecule has 1 amide bonds. The minimum absolute atomic E-state index is 0.0197. The van der Waals surface area contributed by atoms with E-state index in [0.717, 1.165) is 23.2 Å². The average molecular weight is 263 g/mol. The zero-order valence-electron chi connectivity index (χ0n) is 11.8. The van der Waals surface area contributed by atoms with Gasteiger partial charge in [-0.15, -0.1) is 0 Å². The molecule has 0 radical (unpaired) electrons. The fraction of sp³-hybridized carbons (Fsp3) is 0.467. The van der Waals surface area contributed by atoms with Gasteiger partial charge in [0.15, 0.2) is 0 Å². The molecule has 1 N–H and O–H groups in total. The maximum Gasteiger partial charge on any atom is 0.305 e. The largest absolute Gasteiger partial charge is 0.481 e. The summed E-state index contributed by atoms with van der Waals surface area (Å²) in [5, 5.41) is 8.79. The molecule has 0 aliphatic heterocycles. The molecule has 0 fully saturated rings. The highest BCUT2D eigenvalue weighted by molar-refractivity contribution is 5.94. The summed E-state index contributed by atoms with van der Waals surface area (Å²) in [5.74, 6) is -0.910. The quantitative estimate of drug-likeness (QED) is 0.858. The van der Waals surface area contributed by atoms with E-state index in [1.54, 1.807) is 4.90 Å². The van der Waals surface area contributed by atoms with Crippen molar-refractivity contribution in [2.24, 2.45) is 0 Å². The van der Waals surface area contributed by atoms with Crippen LogP contribution >= 0.6 is 0 Å². The van der Waals surface area contributed by atoms with Gasteiger partial charge in [-0.1, -0.05) is 13.0 Å². The van der Waals surface area contributed by atoms with Crippen LogP contribution in [0.3, 0.4) is 0 Å². The predicted molar refractivity (Wildman–Crippen MR) is 75.4 cm³/mol. The van der Waals surface area contributed by atoms with Crippen molar-refractivity contribution in [2.75, 3.05) is 11.4 Å². The Kier molecular flexibility index (Phi) is 5.55. The monoisotopic (exact) mass is 263 g/mol. The molecule has 19 heavy (non-hydrogen) atoms. The van der Waals surface area contributed by atoms with E-state index in [0.29, 0.717) is 6.42 Å². The first kappa shape index (κ1) is 15.2. The molecule has 0 atom stereocenters. The van der Waals surface area contributed by atoms with Crippen molar-refractivity contribution in [1.82, 2.24) is 0 Å². The SMILES string of the molecule is CCCC(=O)N(CCC(=O)O)c1cc(C)cc(C)c1. The van der Waals surface area contributed by atoms with Crippen molar-refractivity contribution in [3.63, 3.8) is 0 Å². The lowest BCUT2D eigenvalue weighted by Gasteiger charge is -2.23. The third-order valence-corrected chi connectivity index (χ3v) is 2.83. The Morgan fingerprint density at radius 2 is 1.68 bits per heavy atom. The van der Waals surface area contributed by atoms with Crippen LogP contribution < -0.4 is 4.90 Å². The van der Waals surface area contributed by atoms with E-state index in [2.05, 4.69) is 0 Å². The molecule has 0 aromatic heterocycles. The molecule has 1 rings (SSSR count). The third-order valence-electron chi connectivity index (χ3n) is 2.83. The number of carbonyl (C=O) groups excluding carboxylic acids is 1. The first-order valence-corrected chi connectivity index (χ1v) is 6.54. The van der Waals surface area contributed by atoms with E-state index in [1.165, 1.54) is 0 Å². The molecule has 0 unspecified atom stereocenters. The molecular formula is C15H21NO3. The number of carbonyl (C=O) groups is 2. The zero-order valence-corrected chi connectivity index (χ0v) is 11.8. The van der Waals surface area contributed by atoms with Crippen molar-refractivity contribution in [3.05, 3.63) is 29.3 Å². The van der Waals surface area contributed by atoms with Gasteiger partial charge >= 0.3 is 5.97 Å².